The summed E-state index contributed by atoms with van der Waals surface area (Å²) in [6, 6.07) is 11.7. The van der Waals surface area contributed by atoms with Crippen LogP contribution < -0.4 is 5.32 Å². The van der Waals surface area contributed by atoms with Gasteiger partial charge in [0, 0.05) is 27.7 Å². The number of hydrogen-bond acceptors (Lipinski definition) is 5. The van der Waals surface area contributed by atoms with Gasteiger partial charge < -0.3 is 10.1 Å². The third kappa shape index (κ3) is 6.81. The van der Waals surface area contributed by atoms with E-state index in [9.17, 15) is 14.4 Å². The van der Waals surface area contributed by atoms with Gasteiger partial charge in [-0.25, -0.2) is 5.01 Å². The maximum Gasteiger partial charge on any atom is 0.308 e. The van der Waals surface area contributed by atoms with Crippen LogP contribution in [-0.4, -0.2) is 40.7 Å². The van der Waals surface area contributed by atoms with E-state index in [1.807, 2.05) is 6.92 Å². The largest absolute Gasteiger partial charge is 0.460 e. The van der Waals surface area contributed by atoms with Crippen molar-refractivity contribution in [1.82, 2.24) is 10.3 Å². The van der Waals surface area contributed by atoms with Crippen molar-refractivity contribution in [3.8, 4) is 0 Å². The molecule has 9 heteroatoms. The number of hydrogen-bond donors (Lipinski definition) is 1. The zero-order valence-corrected chi connectivity index (χ0v) is 21.0. The van der Waals surface area contributed by atoms with Gasteiger partial charge in [0.1, 0.15) is 5.60 Å². The fourth-order valence-electron chi connectivity index (χ4n) is 3.46. The third-order valence-electron chi connectivity index (χ3n) is 5.06. The number of carbonyl (C=O) groups is 3. The maximum absolute atomic E-state index is 12.6. The molecule has 1 aliphatic rings. The molecule has 1 N–H and O–H groups in total. The lowest BCUT2D eigenvalue weighted by Gasteiger charge is -2.21. The Labute approximate surface area is 209 Å². The number of hydrazone groups is 1. The van der Waals surface area contributed by atoms with Crippen molar-refractivity contribution >= 4 is 46.7 Å². The number of halogens is 2. The summed E-state index contributed by atoms with van der Waals surface area (Å²) in [6.45, 7) is 7.42. The van der Waals surface area contributed by atoms with Crippen molar-refractivity contribution in [2.24, 2.45) is 5.10 Å². The van der Waals surface area contributed by atoms with Gasteiger partial charge >= 0.3 is 5.97 Å². The van der Waals surface area contributed by atoms with Gasteiger partial charge in [-0.15, -0.1) is 0 Å². The molecule has 7 nitrogen and oxygen atoms in total. The molecule has 1 aliphatic heterocycles. The summed E-state index contributed by atoms with van der Waals surface area (Å²) < 4.78 is 5.23. The Kier molecular flexibility index (Phi) is 8.00. The van der Waals surface area contributed by atoms with Crippen LogP contribution in [0.2, 0.25) is 10.0 Å². The SMILES string of the molecule is CC(c1ccc(C(=O)NCCC(=O)OC(C)(C)C)cc1)N1N=C(c2cc(Cl)cc(Cl)c2)CC1=O. The standard InChI is InChI=1S/C25H27Cl2N3O4/c1-15(30-22(31)14-21(29-30)18-11-19(26)13-20(27)12-18)16-5-7-17(8-6-16)24(33)28-10-9-23(32)34-25(2,3)4/h5-8,11-13,15H,9-10,14H2,1-4H3,(H,28,33). The number of nitrogens with zero attached hydrogens (tertiary/aromatic N) is 2. The first-order valence-electron chi connectivity index (χ1n) is 10.9. The molecule has 2 aromatic carbocycles. The Balaban J connectivity index is 1.61. The Morgan fingerprint density at radius 3 is 2.32 bits per heavy atom. The van der Waals surface area contributed by atoms with Crippen molar-refractivity contribution in [3.63, 3.8) is 0 Å². The Bertz CT molecular complexity index is 1100. The van der Waals surface area contributed by atoms with Crippen molar-refractivity contribution in [1.29, 1.82) is 0 Å². The van der Waals surface area contributed by atoms with Gasteiger partial charge in [0.25, 0.3) is 5.91 Å². The lowest BCUT2D eigenvalue weighted by atomic mass is 10.0. The van der Waals surface area contributed by atoms with Gasteiger partial charge in [0.2, 0.25) is 5.91 Å². The highest BCUT2D eigenvalue weighted by molar-refractivity contribution is 6.35. The van der Waals surface area contributed by atoms with Gasteiger partial charge in [-0.2, -0.15) is 5.10 Å². The van der Waals surface area contributed by atoms with Crippen LogP contribution in [0.15, 0.2) is 47.6 Å². The molecule has 0 spiro atoms. The Morgan fingerprint density at radius 1 is 1.12 bits per heavy atom. The topological polar surface area (TPSA) is 88.1 Å². The summed E-state index contributed by atoms with van der Waals surface area (Å²) in [5, 5.41) is 9.59. The molecule has 34 heavy (non-hydrogen) atoms. The lowest BCUT2D eigenvalue weighted by Crippen LogP contribution is -2.29. The Hall–Kier alpha value is -2.90. The predicted octanol–water partition coefficient (Wildman–Crippen LogP) is 5.15. The van der Waals surface area contributed by atoms with Gasteiger partial charge in [0.05, 0.1) is 24.6 Å². The quantitative estimate of drug-likeness (QED) is 0.528. The first kappa shape index (κ1) is 25.7. The van der Waals surface area contributed by atoms with Crippen molar-refractivity contribution in [2.75, 3.05) is 6.54 Å². The predicted molar refractivity (Wildman–Crippen MR) is 132 cm³/mol. The number of carbonyl (C=O) groups excluding carboxylic acids is 3. The highest BCUT2D eigenvalue weighted by Gasteiger charge is 2.29. The number of ether oxygens (including phenoxy) is 1. The summed E-state index contributed by atoms with van der Waals surface area (Å²) >= 11 is 12.2. The van der Waals surface area contributed by atoms with Crippen molar-refractivity contribution < 1.29 is 19.1 Å². The van der Waals surface area contributed by atoms with Gasteiger partial charge in [0.15, 0.2) is 0 Å². The van der Waals surface area contributed by atoms with E-state index in [2.05, 4.69) is 10.4 Å². The molecule has 0 aromatic heterocycles. The minimum Gasteiger partial charge on any atom is -0.460 e. The number of esters is 1. The van der Waals surface area contributed by atoms with E-state index in [1.54, 1.807) is 63.2 Å². The molecule has 1 atom stereocenters. The van der Waals surface area contributed by atoms with Crippen LogP contribution in [0, 0.1) is 0 Å². The van der Waals surface area contributed by atoms with Crippen LogP contribution in [0.5, 0.6) is 0 Å². The van der Waals surface area contributed by atoms with E-state index in [-0.39, 0.29) is 43.2 Å². The molecule has 0 saturated heterocycles. The molecule has 2 amide bonds. The number of amides is 2. The zero-order valence-electron chi connectivity index (χ0n) is 19.5. The van der Waals surface area contributed by atoms with E-state index < -0.39 is 5.60 Å². The fraction of sp³-hybridized carbons (Fsp3) is 0.360. The molecular formula is C25H27Cl2N3O4. The summed E-state index contributed by atoms with van der Waals surface area (Å²) in [5.74, 6) is -0.798. The number of nitrogens with one attached hydrogen (secondary N) is 1. The monoisotopic (exact) mass is 503 g/mol. The molecular weight excluding hydrogens is 477 g/mol. The highest BCUT2D eigenvalue weighted by Crippen LogP contribution is 2.28. The van der Waals surface area contributed by atoms with Crippen LogP contribution in [0.4, 0.5) is 0 Å². The zero-order chi connectivity index (χ0) is 25.0. The molecule has 1 unspecified atom stereocenters. The van der Waals surface area contributed by atoms with E-state index in [4.69, 9.17) is 27.9 Å². The minimum atomic E-state index is -0.559. The lowest BCUT2D eigenvalue weighted by molar-refractivity contribution is -0.154. The molecule has 1 heterocycles. The molecule has 180 valence electrons. The smallest absolute Gasteiger partial charge is 0.308 e. The first-order chi connectivity index (χ1) is 15.9. The van der Waals surface area contributed by atoms with Gasteiger partial charge in [-0.3, -0.25) is 14.4 Å². The molecule has 0 aliphatic carbocycles. The van der Waals surface area contributed by atoms with Crippen LogP contribution >= 0.6 is 23.2 Å². The Morgan fingerprint density at radius 2 is 1.74 bits per heavy atom. The molecule has 0 bridgehead atoms. The average Bonchev–Trinajstić information content (AvgIpc) is 3.13. The van der Waals surface area contributed by atoms with Gasteiger partial charge in [-0.1, -0.05) is 35.3 Å². The number of rotatable bonds is 7. The van der Waals surface area contributed by atoms with Crippen LogP contribution in [0.3, 0.4) is 0 Å². The molecule has 0 fully saturated rings. The van der Waals surface area contributed by atoms with Crippen LogP contribution in [-0.2, 0) is 14.3 Å². The number of benzene rings is 2. The highest BCUT2D eigenvalue weighted by atomic mass is 35.5. The fourth-order valence-corrected chi connectivity index (χ4v) is 3.98. The second-order valence-electron chi connectivity index (χ2n) is 9.01. The summed E-state index contributed by atoms with van der Waals surface area (Å²) in [6.07, 6.45) is 0.243. The molecule has 0 radical (unpaired) electrons. The van der Waals surface area contributed by atoms with E-state index in [0.717, 1.165) is 5.56 Å². The van der Waals surface area contributed by atoms with Crippen LogP contribution in [0.1, 0.15) is 68.1 Å². The molecule has 0 saturated carbocycles. The summed E-state index contributed by atoms with van der Waals surface area (Å²) in [5.41, 5.74) is 2.02. The van der Waals surface area contributed by atoms with Gasteiger partial charge in [-0.05, 0) is 63.6 Å². The van der Waals surface area contributed by atoms with Crippen LogP contribution in [0.25, 0.3) is 0 Å². The van der Waals surface area contributed by atoms with Crippen molar-refractivity contribution in [3.05, 3.63) is 69.2 Å². The third-order valence-corrected chi connectivity index (χ3v) is 5.49. The van der Waals surface area contributed by atoms with E-state index in [0.29, 0.717) is 26.9 Å². The normalized spacial score (nSPS) is 14.6. The first-order valence-corrected chi connectivity index (χ1v) is 11.6. The molecule has 3 rings (SSSR count). The second-order valence-corrected chi connectivity index (χ2v) is 9.88. The van der Waals surface area contributed by atoms with E-state index in [1.165, 1.54) is 5.01 Å². The minimum absolute atomic E-state index is 0.0906. The summed E-state index contributed by atoms with van der Waals surface area (Å²) in [7, 11) is 0. The second kappa shape index (κ2) is 10.6. The van der Waals surface area contributed by atoms with Crippen molar-refractivity contribution in [2.45, 2.75) is 52.2 Å². The molecule has 2 aromatic rings. The summed E-state index contributed by atoms with van der Waals surface area (Å²) in [4.78, 5) is 36.8. The average molecular weight is 504 g/mol. The maximum atomic E-state index is 12.6. The van der Waals surface area contributed by atoms with E-state index >= 15 is 0 Å².